The highest BCUT2D eigenvalue weighted by Gasteiger charge is 2.27. The number of hydrogen-bond donors (Lipinski definition) is 4. The van der Waals surface area contributed by atoms with Gasteiger partial charge in [-0.25, -0.2) is 4.79 Å². The van der Waals surface area contributed by atoms with Crippen LogP contribution >= 0.6 is 0 Å². The Morgan fingerprint density at radius 2 is 1.74 bits per heavy atom. The topological polar surface area (TPSA) is 150 Å². The monoisotopic (exact) mass is 428 g/mol. The van der Waals surface area contributed by atoms with E-state index in [2.05, 4.69) is 5.32 Å². The summed E-state index contributed by atoms with van der Waals surface area (Å²) < 4.78 is 16.3. The van der Waals surface area contributed by atoms with Gasteiger partial charge in [0.2, 0.25) is 0 Å². The standard InChI is InChI=1S/C22H28N4O5/c1-4-13-10-16(18(31-12-19(23)27)11-17(13)30-5-2)20(22(28)29-3)26-15-8-6-14(7-9-15)21(24)25/h6-11,20,26H,4-5,12H2,1-3H3,(H2,23,27)(H3,24,25). The number of aryl methyl sites for hydroxylation is 1. The molecular weight excluding hydrogens is 400 g/mol. The smallest absolute Gasteiger partial charge is 0.333 e. The lowest BCUT2D eigenvalue weighted by Crippen LogP contribution is -2.25. The van der Waals surface area contributed by atoms with Gasteiger partial charge in [0.15, 0.2) is 12.6 Å². The molecule has 1 unspecified atom stereocenters. The van der Waals surface area contributed by atoms with Crippen molar-refractivity contribution >= 4 is 23.4 Å². The number of carbonyl (C=O) groups excluding carboxylic acids is 2. The average Bonchev–Trinajstić information content (AvgIpc) is 2.76. The van der Waals surface area contributed by atoms with Crippen LogP contribution in [0.25, 0.3) is 0 Å². The highest BCUT2D eigenvalue weighted by molar-refractivity contribution is 5.95. The SMILES string of the molecule is CCOc1cc(OCC(N)=O)c(C(Nc2ccc(C(=N)N)cc2)C(=O)OC)cc1CC. The second kappa shape index (κ2) is 10.9. The van der Waals surface area contributed by atoms with Gasteiger partial charge in [-0.1, -0.05) is 6.92 Å². The van der Waals surface area contributed by atoms with Crippen LogP contribution in [0.5, 0.6) is 11.5 Å². The van der Waals surface area contributed by atoms with Crippen LogP contribution in [-0.4, -0.2) is 38.0 Å². The third-order valence-corrected chi connectivity index (χ3v) is 4.50. The molecule has 0 spiro atoms. The predicted octanol–water partition coefficient (Wildman–Crippen LogP) is 2.12. The quantitative estimate of drug-likeness (QED) is 0.243. The highest BCUT2D eigenvalue weighted by atomic mass is 16.5. The fraction of sp³-hybridized carbons (Fsp3) is 0.318. The number of methoxy groups -OCH3 is 1. The number of rotatable bonds is 11. The summed E-state index contributed by atoms with van der Waals surface area (Å²) in [7, 11) is 1.29. The Hall–Kier alpha value is -3.75. The summed E-state index contributed by atoms with van der Waals surface area (Å²) in [5.41, 5.74) is 13.2. The molecule has 2 rings (SSSR count). The first kappa shape index (κ1) is 23.5. The first-order chi connectivity index (χ1) is 14.8. The summed E-state index contributed by atoms with van der Waals surface area (Å²) in [5.74, 6) is -0.376. The van der Waals surface area contributed by atoms with E-state index in [9.17, 15) is 9.59 Å². The zero-order valence-electron chi connectivity index (χ0n) is 17.9. The van der Waals surface area contributed by atoms with E-state index in [1.54, 1.807) is 36.4 Å². The maximum absolute atomic E-state index is 12.7. The molecule has 0 aromatic heterocycles. The summed E-state index contributed by atoms with van der Waals surface area (Å²) in [6, 6.07) is 9.24. The van der Waals surface area contributed by atoms with Crippen LogP contribution < -0.4 is 26.3 Å². The number of ether oxygens (including phenoxy) is 3. The molecule has 6 N–H and O–H groups in total. The van der Waals surface area contributed by atoms with Crippen LogP contribution in [0, 0.1) is 5.41 Å². The minimum atomic E-state index is -0.933. The Morgan fingerprint density at radius 1 is 1.06 bits per heavy atom. The van der Waals surface area contributed by atoms with Gasteiger partial charge < -0.3 is 31.0 Å². The van der Waals surface area contributed by atoms with Crippen molar-refractivity contribution in [2.75, 3.05) is 25.6 Å². The second-order valence-electron chi connectivity index (χ2n) is 6.63. The Balaban J connectivity index is 2.52. The van der Waals surface area contributed by atoms with E-state index in [4.69, 9.17) is 31.1 Å². The van der Waals surface area contributed by atoms with Crippen LogP contribution in [0.2, 0.25) is 0 Å². The molecule has 2 aromatic carbocycles. The summed E-state index contributed by atoms with van der Waals surface area (Å²) >= 11 is 0. The van der Waals surface area contributed by atoms with Crippen molar-refractivity contribution in [1.29, 1.82) is 5.41 Å². The van der Waals surface area contributed by atoms with Gasteiger partial charge in [-0.05, 0) is 49.2 Å². The molecule has 0 saturated carbocycles. The third kappa shape index (κ3) is 6.11. The first-order valence-corrected chi connectivity index (χ1v) is 9.80. The first-order valence-electron chi connectivity index (χ1n) is 9.80. The number of amides is 1. The van der Waals surface area contributed by atoms with Crippen LogP contribution in [0.3, 0.4) is 0 Å². The predicted molar refractivity (Wildman–Crippen MR) is 118 cm³/mol. The number of benzene rings is 2. The van der Waals surface area contributed by atoms with Crippen molar-refractivity contribution in [3.05, 3.63) is 53.1 Å². The maximum atomic E-state index is 12.7. The van der Waals surface area contributed by atoms with Gasteiger partial charge in [0.25, 0.3) is 5.91 Å². The Morgan fingerprint density at radius 3 is 2.26 bits per heavy atom. The molecule has 0 aliphatic heterocycles. The molecule has 0 fully saturated rings. The van der Waals surface area contributed by atoms with Crippen molar-refractivity contribution < 1.29 is 23.8 Å². The van der Waals surface area contributed by atoms with Gasteiger partial charge in [0, 0.05) is 22.9 Å². The van der Waals surface area contributed by atoms with Gasteiger partial charge >= 0.3 is 5.97 Å². The molecule has 0 aliphatic carbocycles. The number of carbonyl (C=O) groups is 2. The van der Waals surface area contributed by atoms with Crippen molar-refractivity contribution in [3.63, 3.8) is 0 Å². The lowest BCUT2D eigenvalue weighted by atomic mass is 9.99. The fourth-order valence-corrected chi connectivity index (χ4v) is 2.98. The maximum Gasteiger partial charge on any atom is 0.333 e. The molecule has 9 nitrogen and oxygen atoms in total. The Labute approximate surface area is 181 Å². The molecule has 0 heterocycles. The average molecular weight is 428 g/mol. The van der Waals surface area contributed by atoms with Gasteiger partial charge in [-0.15, -0.1) is 0 Å². The number of anilines is 1. The van der Waals surface area contributed by atoms with Crippen molar-refractivity contribution in [1.82, 2.24) is 0 Å². The van der Waals surface area contributed by atoms with Gasteiger partial charge in [-0.3, -0.25) is 10.2 Å². The summed E-state index contributed by atoms with van der Waals surface area (Å²) in [5, 5.41) is 10.6. The van der Waals surface area contributed by atoms with E-state index in [1.165, 1.54) is 7.11 Å². The number of primary amides is 1. The molecule has 2 aromatic rings. The van der Waals surface area contributed by atoms with Gasteiger partial charge in [0.1, 0.15) is 17.3 Å². The third-order valence-electron chi connectivity index (χ3n) is 4.50. The zero-order valence-corrected chi connectivity index (χ0v) is 17.9. The lowest BCUT2D eigenvalue weighted by Gasteiger charge is -2.23. The van der Waals surface area contributed by atoms with E-state index in [1.807, 2.05) is 13.8 Å². The van der Waals surface area contributed by atoms with Crippen LogP contribution in [0.4, 0.5) is 5.69 Å². The fourth-order valence-electron chi connectivity index (χ4n) is 2.98. The number of amidine groups is 1. The van der Waals surface area contributed by atoms with E-state index in [0.29, 0.717) is 35.6 Å². The molecule has 0 radical (unpaired) electrons. The molecular formula is C22H28N4O5. The van der Waals surface area contributed by atoms with Gasteiger partial charge in [-0.2, -0.15) is 0 Å². The molecule has 31 heavy (non-hydrogen) atoms. The Kier molecular flexibility index (Phi) is 8.25. The van der Waals surface area contributed by atoms with Crippen molar-refractivity contribution in [2.45, 2.75) is 26.3 Å². The number of hydrogen-bond acceptors (Lipinski definition) is 7. The van der Waals surface area contributed by atoms with E-state index in [-0.39, 0.29) is 18.2 Å². The zero-order chi connectivity index (χ0) is 23.0. The molecule has 1 amide bonds. The Bertz CT molecular complexity index is 944. The molecule has 0 saturated heterocycles. The molecule has 9 heteroatoms. The lowest BCUT2D eigenvalue weighted by molar-refractivity contribution is -0.141. The summed E-state index contributed by atoms with van der Waals surface area (Å²) in [6.07, 6.45) is 0.652. The van der Waals surface area contributed by atoms with E-state index >= 15 is 0 Å². The largest absolute Gasteiger partial charge is 0.493 e. The molecule has 166 valence electrons. The van der Waals surface area contributed by atoms with Crippen LogP contribution in [0.1, 0.15) is 36.6 Å². The second-order valence-corrected chi connectivity index (χ2v) is 6.63. The molecule has 0 aliphatic rings. The van der Waals surface area contributed by atoms with Crippen LogP contribution in [-0.2, 0) is 20.7 Å². The summed E-state index contributed by atoms with van der Waals surface area (Å²) in [4.78, 5) is 24.0. The molecule has 1 atom stereocenters. The van der Waals surface area contributed by atoms with Gasteiger partial charge in [0.05, 0.1) is 13.7 Å². The summed E-state index contributed by atoms with van der Waals surface area (Å²) in [6.45, 7) is 3.92. The number of nitrogens with two attached hydrogens (primary N) is 2. The molecule has 0 bridgehead atoms. The number of esters is 1. The van der Waals surface area contributed by atoms with Crippen LogP contribution in [0.15, 0.2) is 36.4 Å². The van der Waals surface area contributed by atoms with Crippen molar-refractivity contribution in [3.8, 4) is 11.5 Å². The number of nitrogen functional groups attached to an aromatic ring is 1. The normalized spacial score (nSPS) is 11.3. The van der Waals surface area contributed by atoms with E-state index in [0.717, 1.165) is 5.56 Å². The number of nitrogens with one attached hydrogen (secondary N) is 2. The van der Waals surface area contributed by atoms with Crippen molar-refractivity contribution in [2.24, 2.45) is 11.5 Å². The minimum absolute atomic E-state index is 0.0580. The highest BCUT2D eigenvalue weighted by Crippen LogP contribution is 2.36. The minimum Gasteiger partial charge on any atom is -0.493 e. The van der Waals surface area contributed by atoms with E-state index < -0.39 is 17.9 Å².